The van der Waals surface area contributed by atoms with Crippen LogP contribution in [-0.4, -0.2) is 48.7 Å². The minimum atomic E-state index is -3.58. The van der Waals surface area contributed by atoms with E-state index >= 15 is 0 Å². The molecule has 1 unspecified atom stereocenters. The number of carbonyl (C=O) groups is 2. The van der Waals surface area contributed by atoms with Crippen LogP contribution in [0.1, 0.15) is 69.5 Å². The maximum atomic E-state index is 13.4. The summed E-state index contributed by atoms with van der Waals surface area (Å²) in [6.07, 6.45) is 3.77. The number of rotatable bonds is 11. The number of benzene rings is 2. The molecule has 0 bridgehead atoms. The second kappa shape index (κ2) is 12.4. The highest BCUT2D eigenvalue weighted by Crippen LogP contribution is 2.32. The fraction of sp³-hybridized carbons (Fsp3) is 0.483. The van der Waals surface area contributed by atoms with Crippen LogP contribution in [0, 0.1) is 17.2 Å². The van der Waals surface area contributed by atoms with Gasteiger partial charge in [-0.1, -0.05) is 80.9 Å². The maximum Gasteiger partial charge on any atom is 0.243 e. The molecule has 0 saturated carbocycles. The number of unbranched alkanes of at least 4 members (excludes halogenated alkanes) is 1. The van der Waals surface area contributed by atoms with E-state index in [1.165, 1.54) is 0 Å². The zero-order valence-corrected chi connectivity index (χ0v) is 22.7. The van der Waals surface area contributed by atoms with Crippen molar-refractivity contribution >= 4 is 21.7 Å². The number of hydrogen-bond donors (Lipinski definition) is 1. The first-order chi connectivity index (χ1) is 17.6. The lowest BCUT2D eigenvalue weighted by Crippen LogP contribution is -2.47. The van der Waals surface area contributed by atoms with E-state index in [-0.39, 0.29) is 36.6 Å². The van der Waals surface area contributed by atoms with E-state index in [2.05, 4.69) is 5.32 Å². The minimum Gasteiger partial charge on any atom is -0.343 e. The van der Waals surface area contributed by atoms with Gasteiger partial charge in [0.2, 0.25) is 11.8 Å². The van der Waals surface area contributed by atoms with Crippen molar-refractivity contribution < 1.29 is 18.0 Å². The molecule has 198 valence electrons. The van der Waals surface area contributed by atoms with Gasteiger partial charge in [-0.2, -0.15) is 5.26 Å². The van der Waals surface area contributed by atoms with E-state index in [0.29, 0.717) is 25.8 Å². The quantitative estimate of drug-likeness (QED) is 0.439. The van der Waals surface area contributed by atoms with E-state index in [1.807, 2.05) is 66.7 Å². The third kappa shape index (κ3) is 6.58. The molecule has 1 aliphatic heterocycles. The first-order valence-electron chi connectivity index (χ1n) is 12.9. The van der Waals surface area contributed by atoms with E-state index in [1.54, 1.807) is 18.7 Å². The zero-order valence-electron chi connectivity index (χ0n) is 21.9. The first kappa shape index (κ1) is 28.4. The molecule has 1 N–H and O–H groups in total. The summed E-state index contributed by atoms with van der Waals surface area (Å²) in [5, 5.41) is 12.8. The van der Waals surface area contributed by atoms with Gasteiger partial charge in [0.1, 0.15) is 6.04 Å². The van der Waals surface area contributed by atoms with Gasteiger partial charge in [-0.05, 0) is 42.7 Å². The molecule has 2 aromatic rings. The van der Waals surface area contributed by atoms with Crippen molar-refractivity contribution in [3.05, 3.63) is 71.8 Å². The van der Waals surface area contributed by atoms with Crippen molar-refractivity contribution in [3.8, 4) is 6.07 Å². The molecule has 37 heavy (non-hydrogen) atoms. The van der Waals surface area contributed by atoms with Crippen LogP contribution in [-0.2, 0) is 19.4 Å². The van der Waals surface area contributed by atoms with Gasteiger partial charge < -0.3 is 10.2 Å². The highest BCUT2D eigenvalue weighted by Gasteiger charge is 2.44. The van der Waals surface area contributed by atoms with Crippen LogP contribution >= 0.6 is 0 Å². The van der Waals surface area contributed by atoms with E-state index in [9.17, 15) is 23.3 Å². The molecule has 0 radical (unpaired) electrons. The molecule has 2 amide bonds. The Morgan fingerprint density at radius 2 is 1.62 bits per heavy atom. The third-order valence-electron chi connectivity index (χ3n) is 7.40. The molecule has 1 saturated heterocycles. The molecule has 8 heteroatoms. The summed E-state index contributed by atoms with van der Waals surface area (Å²) < 4.78 is 23.2. The Morgan fingerprint density at radius 3 is 2.11 bits per heavy atom. The predicted octanol–water partition coefficient (Wildman–Crippen LogP) is 4.41. The van der Waals surface area contributed by atoms with Gasteiger partial charge >= 0.3 is 0 Å². The standard InChI is InChI=1S/C29H37N3O4S/c1-22(2)29(21-30,37(3,35)36)19-11-10-18-26(33)32-20-12-17-25(32)28(34)31-27(23-13-6-4-7-14-23)24-15-8-5-9-16-24/h4-9,13-16,22,25,27H,10-12,17-20H2,1-3H3,(H,31,34)/t25-,29?/m0/s1. The maximum absolute atomic E-state index is 13.4. The average molecular weight is 524 g/mol. The number of amides is 2. The molecule has 0 spiro atoms. The van der Waals surface area contributed by atoms with Gasteiger partial charge in [0.25, 0.3) is 0 Å². The summed E-state index contributed by atoms with van der Waals surface area (Å²) in [5.41, 5.74) is 1.94. The molecule has 0 aliphatic carbocycles. The van der Waals surface area contributed by atoms with Gasteiger partial charge in [-0.15, -0.1) is 0 Å². The third-order valence-corrected chi connectivity index (χ3v) is 9.49. The van der Waals surface area contributed by atoms with Gasteiger partial charge in [-0.3, -0.25) is 9.59 Å². The van der Waals surface area contributed by atoms with E-state index in [0.717, 1.165) is 23.8 Å². The normalized spacial score (nSPS) is 17.4. The van der Waals surface area contributed by atoms with E-state index < -0.39 is 20.6 Å². The number of sulfone groups is 1. The van der Waals surface area contributed by atoms with Gasteiger partial charge in [0.15, 0.2) is 14.6 Å². The van der Waals surface area contributed by atoms with Crippen molar-refractivity contribution in [2.45, 2.75) is 69.2 Å². The van der Waals surface area contributed by atoms with Crippen LogP contribution in [0.25, 0.3) is 0 Å². The number of likely N-dealkylation sites (tertiary alicyclic amines) is 1. The Balaban J connectivity index is 1.64. The van der Waals surface area contributed by atoms with Crippen LogP contribution in [0.2, 0.25) is 0 Å². The highest BCUT2D eigenvalue weighted by atomic mass is 32.2. The van der Waals surface area contributed by atoms with Crippen molar-refractivity contribution in [2.75, 3.05) is 12.8 Å². The molecule has 2 atom stereocenters. The second-order valence-electron chi connectivity index (χ2n) is 10.1. The number of nitriles is 1. The summed E-state index contributed by atoms with van der Waals surface area (Å²) in [7, 11) is -3.58. The van der Waals surface area contributed by atoms with Crippen molar-refractivity contribution in [1.82, 2.24) is 10.2 Å². The lowest BCUT2D eigenvalue weighted by molar-refractivity contribution is -0.138. The Kier molecular flexibility index (Phi) is 9.50. The lowest BCUT2D eigenvalue weighted by Gasteiger charge is -2.29. The highest BCUT2D eigenvalue weighted by molar-refractivity contribution is 7.92. The number of hydrogen-bond acceptors (Lipinski definition) is 5. The summed E-state index contributed by atoms with van der Waals surface area (Å²) in [4.78, 5) is 28.1. The average Bonchev–Trinajstić information content (AvgIpc) is 3.37. The number of nitrogens with zero attached hydrogens (tertiary/aromatic N) is 2. The molecule has 2 aromatic carbocycles. The minimum absolute atomic E-state index is 0.111. The van der Waals surface area contributed by atoms with Crippen molar-refractivity contribution in [3.63, 3.8) is 0 Å². The summed E-state index contributed by atoms with van der Waals surface area (Å²) >= 11 is 0. The molecule has 3 rings (SSSR count). The van der Waals surface area contributed by atoms with Gasteiger partial charge in [0.05, 0.1) is 12.1 Å². The van der Waals surface area contributed by atoms with E-state index in [4.69, 9.17) is 0 Å². The molecule has 7 nitrogen and oxygen atoms in total. The Morgan fingerprint density at radius 1 is 1.05 bits per heavy atom. The Bertz CT molecular complexity index is 1170. The molecule has 1 fully saturated rings. The van der Waals surface area contributed by atoms with Crippen LogP contribution in [0.3, 0.4) is 0 Å². The monoisotopic (exact) mass is 523 g/mol. The molecule has 1 aliphatic rings. The largest absolute Gasteiger partial charge is 0.343 e. The molecular weight excluding hydrogens is 486 g/mol. The first-order valence-corrected chi connectivity index (χ1v) is 14.8. The SMILES string of the molecule is CC(C)C(C#N)(CCCCC(=O)N1CCC[C@H]1C(=O)NC(c1ccccc1)c1ccccc1)S(C)(=O)=O. The predicted molar refractivity (Wildman–Crippen MR) is 144 cm³/mol. The fourth-order valence-electron chi connectivity index (χ4n) is 5.20. The Hall–Kier alpha value is -3.18. The molecular formula is C29H37N3O4S. The van der Waals surface area contributed by atoms with Crippen LogP contribution in [0.4, 0.5) is 0 Å². The van der Waals surface area contributed by atoms with Gasteiger partial charge in [0, 0.05) is 19.2 Å². The smallest absolute Gasteiger partial charge is 0.243 e. The lowest BCUT2D eigenvalue weighted by atomic mass is 9.90. The summed E-state index contributed by atoms with van der Waals surface area (Å²) in [6, 6.07) is 20.7. The molecule has 1 heterocycles. The van der Waals surface area contributed by atoms with Crippen molar-refractivity contribution in [2.24, 2.45) is 5.92 Å². The fourth-order valence-corrected chi connectivity index (χ4v) is 6.74. The summed E-state index contributed by atoms with van der Waals surface area (Å²) in [5.74, 6) is -0.638. The van der Waals surface area contributed by atoms with Gasteiger partial charge in [-0.25, -0.2) is 8.42 Å². The van der Waals surface area contributed by atoms with Crippen LogP contribution in [0.15, 0.2) is 60.7 Å². The topological polar surface area (TPSA) is 107 Å². The zero-order chi connectivity index (χ0) is 27.1. The Labute approximate surface area is 220 Å². The summed E-state index contributed by atoms with van der Waals surface area (Å²) in [6.45, 7) is 4.00. The van der Waals surface area contributed by atoms with Crippen molar-refractivity contribution in [1.29, 1.82) is 5.26 Å². The number of carbonyl (C=O) groups excluding carboxylic acids is 2. The number of nitrogens with one attached hydrogen (secondary N) is 1. The van der Waals surface area contributed by atoms with Crippen LogP contribution < -0.4 is 5.32 Å². The second-order valence-corrected chi connectivity index (χ2v) is 12.4. The molecule has 0 aromatic heterocycles. The van der Waals surface area contributed by atoms with Crippen LogP contribution in [0.5, 0.6) is 0 Å².